The molecule has 354 valence electrons. The predicted molar refractivity (Wildman–Crippen MR) is 274 cm³/mol. The number of allylic oxidation sites excluding steroid dienone is 26. The summed E-state index contributed by atoms with van der Waals surface area (Å²) in [4.78, 5) is 37.9. The van der Waals surface area contributed by atoms with Crippen LogP contribution >= 0.6 is 0 Å². The average molecular weight is 879 g/mol. The normalized spacial score (nSPS) is 13.5. The van der Waals surface area contributed by atoms with Gasteiger partial charge in [0.2, 0.25) is 0 Å². The summed E-state index contributed by atoms with van der Waals surface area (Å²) in [6, 6.07) is 0. The second-order valence-electron chi connectivity index (χ2n) is 15.6. The first-order valence-electron chi connectivity index (χ1n) is 24.7. The van der Waals surface area contributed by atoms with E-state index in [1.165, 1.54) is 44.9 Å². The quantitative estimate of drug-likeness (QED) is 0.0263. The summed E-state index contributed by atoms with van der Waals surface area (Å²) in [5.41, 5.74) is 0. The van der Waals surface area contributed by atoms with Gasteiger partial charge in [-0.1, -0.05) is 249 Å². The second kappa shape index (κ2) is 50.7. The largest absolute Gasteiger partial charge is 0.462 e. The molecule has 0 spiro atoms. The summed E-state index contributed by atoms with van der Waals surface area (Å²) >= 11 is 0. The summed E-state index contributed by atoms with van der Waals surface area (Å²) in [5.74, 6) is -1.03. The predicted octanol–water partition coefficient (Wildman–Crippen LogP) is 16.2. The lowest BCUT2D eigenvalue weighted by Gasteiger charge is -2.18. The van der Waals surface area contributed by atoms with Crippen molar-refractivity contribution in [3.63, 3.8) is 0 Å². The third kappa shape index (κ3) is 48.1. The van der Waals surface area contributed by atoms with Gasteiger partial charge in [-0.3, -0.25) is 14.4 Å². The van der Waals surface area contributed by atoms with E-state index in [1.54, 1.807) is 0 Å². The van der Waals surface area contributed by atoms with Gasteiger partial charge in [-0.15, -0.1) is 0 Å². The minimum Gasteiger partial charge on any atom is -0.462 e. The fraction of sp³-hybridized carbons (Fsp3) is 0.500. The molecule has 0 aromatic carbocycles. The van der Waals surface area contributed by atoms with Crippen LogP contribution < -0.4 is 0 Å². The zero-order valence-electron chi connectivity index (χ0n) is 40.2. The first-order chi connectivity index (χ1) is 31.5. The molecule has 0 aliphatic carbocycles. The second-order valence-corrected chi connectivity index (χ2v) is 15.6. The van der Waals surface area contributed by atoms with Crippen LogP contribution in [0.3, 0.4) is 0 Å². The van der Waals surface area contributed by atoms with Gasteiger partial charge in [0.1, 0.15) is 13.2 Å². The first kappa shape index (κ1) is 59.0. The van der Waals surface area contributed by atoms with Crippen LogP contribution in [-0.2, 0) is 28.6 Å². The molecule has 0 aromatic heterocycles. The highest BCUT2D eigenvalue weighted by Crippen LogP contribution is 2.13. The third-order valence-corrected chi connectivity index (χ3v) is 9.63. The fourth-order valence-corrected chi connectivity index (χ4v) is 5.98. The molecule has 0 aliphatic rings. The Morgan fingerprint density at radius 1 is 0.328 bits per heavy atom. The van der Waals surface area contributed by atoms with Crippen LogP contribution in [0, 0.1) is 0 Å². The van der Waals surface area contributed by atoms with Gasteiger partial charge in [-0.2, -0.15) is 0 Å². The zero-order valence-corrected chi connectivity index (χ0v) is 40.2. The van der Waals surface area contributed by atoms with Gasteiger partial charge in [-0.25, -0.2) is 0 Å². The monoisotopic (exact) mass is 879 g/mol. The SMILES string of the molecule is CC\C=C/C=C\C=C/C=C\C=C\C=C/C=C\CCCCCC(=O)OCC(COC(=O)CCCCCCCCCCCC)OC(=O)CCCCC\C=C/C=C/C=C\C=C/C=C\C=C/CC. The summed E-state index contributed by atoms with van der Waals surface area (Å²) in [5, 5.41) is 0. The number of unbranched alkanes of at least 4 members (excludes halogenated alkanes) is 15. The number of rotatable bonds is 41. The van der Waals surface area contributed by atoms with Crippen LogP contribution in [0.25, 0.3) is 0 Å². The maximum absolute atomic E-state index is 12.8. The standard InChI is InChI=1S/C58H86O6/c1-4-7-10-13-16-19-22-24-26-28-29-31-32-34-36-39-42-45-48-51-57(60)63-54-55(53-62-56(59)50-47-44-41-38-21-18-15-12-9-6-3)64-58(61)52-49-46-43-40-37-35-33-30-27-25-23-20-17-14-11-8-5-2/h7-8,10-11,13-14,16-17,19-20,22-37,55H,4-6,9,12,15,18,21,38-54H2,1-3H3/b10-7-,11-8-,16-13-,17-14-,22-19-,23-20-,26-24-,27-25-,29-28+,32-31-,33-30+,36-34-,37-35-. The summed E-state index contributed by atoms with van der Waals surface area (Å²) in [6.45, 7) is 6.22. The Kier molecular flexibility index (Phi) is 46.7. The van der Waals surface area contributed by atoms with Gasteiger partial charge in [0.05, 0.1) is 0 Å². The highest BCUT2D eigenvalue weighted by molar-refractivity contribution is 5.71. The van der Waals surface area contributed by atoms with E-state index in [0.717, 1.165) is 70.6 Å². The highest BCUT2D eigenvalue weighted by atomic mass is 16.6. The van der Waals surface area contributed by atoms with Gasteiger partial charge in [0.15, 0.2) is 6.10 Å². The summed E-state index contributed by atoms with van der Waals surface area (Å²) in [7, 11) is 0. The Hall–Kier alpha value is -4.97. The van der Waals surface area contributed by atoms with E-state index in [-0.39, 0.29) is 44.0 Å². The molecule has 0 amide bonds. The molecule has 0 N–H and O–H groups in total. The lowest BCUT2D eigenvalue weighted by Crippen LogP contribution is -2.30. The van der Waals surface area contributed by atoms with Crippen LogP contribution in [0.1, 0.15) is 168 Å². The summed E-state index contributed by atoms with van der Waals surface area (Å²) in [6.07, 6.45) is 73.6. The molecule has 1 atom stereocenters. The van der Waals surface area contributed by atoms with Crippen LogP contribution in [0.4, 0.5) is 0 Å². The Labute approximate surface area is 390 Å². The zero-order chi connectivity index (χ0) is 46.5. The fourth-order valence-electron chi connectivity index (χ4n) is 5.98. The number of hydrogen-bond acceptors (Lipinski definition) is 6. The van der Waals surface area contributed by atoms with E-state index in [2.05, 4.69) is 45.1 Å². The van der Waals surface area contributed by atoms with E-state index >= 15 is 0 Å². The van der Waals surface area contributed by atoms with Crippen molar-refractivity contribution in [3.8, 4) is 0 Å². The van der Waals surface area contributed by atoms with E-state index in [9.17, 15) is 14.4 Å². The lowest BCUT2D eigenvalue weighted by atomic mass is 10.1. The van der Waals surface area contributed by atoms with Crippen molar-refractivity contribution in [1.82, 2.24) is 0 Å². The van der Waals surface area contributed by atoms with Crippen molar-refractivity contribution in [2.45, 2.75) is 175 Å². The van der Waals surface area contributed by atoms with Gasteiger partial charge >= 0.3 is 17.9 Å². The minimum atomic E-state index is -0.826. The van der Waals surface area contributed by atoms with E-state index in [0.29, 0.717) is 19.3 Å². The first-order valence-corrected chi connectivity index (χ1v) is 24.7. The molecule has 0 saturated carbocycles. The molecule has 0 heterocycles. The molecule has 0 saturated heterocycles. The van der Waals surface area contributed by atoms with E-state index in [1.807, 2.05) is 134 Å². The third-order valence-electron chi connectivity index (χ3n) is 9.63. The maximum Gasteiger partial charge on any atom is 0.306 e. The van der Waals surface area contributed by atoms with Crippen LogP contribution in [-0.4, -0.2) is 37.2 Å². The molecule has 0 rings (SSSR count). The molecule has 0 fully saturated rings. The molecule has 0 aromatic rings. The number of hydrogen-bond donors (Lipinski definition) is 0. The molecule has 64 heavy (non-hydrogen) atoms. The number of carbonyl (C=O) groups is 3. The molecular weight excluding hydrogens is 793 g/mol. The van der Waals surface area contributed by atoms with Crippen LogP contribution in [0.2, 0.25) is 0 Å². The van der Waals surface area contributed by atoms with Crippen LogP contribution in [0.15, 0.2) is 158 Å². The van der Waals surface area contributed by atoms with Crippen molar-refractivity contribution in [2.24, 2.45) is 0 Å². The Balaban J connectivity index is 4.61. The van der Waals surface area contributed by atoms with Crippen LogP contribution in [0.5, 0.6) is 0 Å². The van der Waals surface area contributed by atoms with Crippen molar-refractivity contribution in [3.05, 3.63) is 158 Å². The molecule has 1 unspecified atom stereocenters. The van der Waals surface area contributed by atoms with Crippen molar-refractivity contribution >= 4 is 17.9 Å². The molecule has 6 heteroatoms. The Morgan fingerprint density at radius 2 is 0.609 bits per heavy atom. The minimum absolute atomic E-state index is 0.118. The number of esters is 3. The van der Waals surface area contributed by atoms with Crippen molar-refractivity contribution < 1.29 is 28.6 Å². The van der Waals surface area contributed by atoms with Crippen molar-refractivity contribution in [1.29, 1.82) is 0 Å². The lowest BCUT2D eigenvalue weighted by molar-refractivity contribution is -0.167. The molecular formula is C58H86O6. The molecule has 0 radical (unpaired) electrons. The highest BCUT2D eigenvalue weighted by Gasteiger charge is 2.19. The van der Waals surface area contributed by atoms with Crippen molar-refractivity contribution in [2.75, 3.05) is 13.2 Å². The Bertz CT molecular complexity index is 1520. The molecule has 6 nitrogen and oxygen atoms in total. The number of ether oxygens (including phenoxy) is 3. The number of carbonyl (C=O) groups excluding carboxylic acids is 3. The topological polar surface area (TPSA) is 78.9 Å². The van der Waals surface area contributed by atoms with E-state index < -0.39 is 6.10 Å². The van der Waals surface area contributed by atoms with E-state index in [4.69, 9.17) is 14.2 Å². The van der Waals surface area contributed by atoms with Gasteiger partial charge in [0.25, 0.3) is 0 Å². The maximum atomic E-state index is 12.8. The van der Waals surface area contributed by atoms with Gasteiger partial charge < -0.3 is 14.2 Å². The molecule has 0 aliphatic heterocycles. The Morgan fingerprint density at radius 3 is 0.953 bits per heavy atom. The molecule has 0 bridgehead atoms. The smallest absolute Gasteiger partial charge is 0.306 e. The van der Waals surface area contributed by atoms with Gasteiger partial charge in [-0.05, 0) is 57.8 Å². The summed E-state index contributed by atoms with van der Waals surface area (Å²) < 4.78 is 16.7. The van der Waals surface area contributed by atoms with Gasteiger partial charge in [0, 0.05) is 19.3 Å². The average Bonchev–Trinajstić information content (AvgIpc) is 3.29.